The van der Waals surface area contributed by atoms with Crippen LogP contribution in [0.3, 0.4) is 0 Å². The summed E-state index contributed by atoms with van der Waals surface area (Å²) in [4.78, 5) is 6.80. The number of aromatic nitrogens is 3. The zero-order valence-corrected chi connectivity index (χ0v) is 12.6. The Balaban J connectivity index is 0.000000637. The Bertz CT molecular complexity index is 607. The number of rotatable bonds is 1. The van der Waals surface area contributed by atoms with E-state index in [-0.39, 0.29) is 0 Å². The highest BCUT2D eigenvalue weighted by molar-refractivity contribution is 6.29. The highest BCUT2D eigenvalue weighted by Gasteiger charge is 2.17. The van der Waals surface area contributed by atoms with Crippen LogP contribution in [0.5, 0.6) is 0 Å². The van der Waals surface area contributed by atoms with Crippen molar-refractivity contribution in [3.05, 3.63) is 34.8 Å². The van der Waals surface area contributed by atoms with Crippen LogP contribution >= 0.6 is 11.6 Å². The van der Waals surface area contributed by atoms with Gasteiger partial charge in [-0.25, -0.2) is 9.50 Å². The molecule has 2 aromatic rings. The number of halogens is 1. The topological polar surface area (TPSA) is 33.4 Å². The Morgan fingerprint density at radius 1 is 1.16 bits per heavy atom. The molecule has 0 saturated carbocycles. The van der Waals surface area contributed by atoms with E-state index in [2.05, 4.69) is 27.1 Å². The molecule has 5 heteroatoms. The molecule has 0 fully saturated rings. The molecule has 0 N–H and O–H groups in total. The fourth-order valence-electron chi connectivity index (χ4n) is 2.10. The summed E-state index contributed by atoms with van der Waals surface area (Å²) in [6, 6.07) is 1.88. The van der Waals surface area contributed by atoms with Crippen molar-refractivity contribution in [1.29, 1.82) is 0 Å². The molecule has 2 aromatic heterocycles. The molecule has 0 aromatic carbocycles. The van der Waals surface area contributed by atoms with Crippen molar-refractivity contribution in [3.8, 4) is 0 Å². The maximum Gasteiger partial charge on any atom is 0.177 e. The first-order valence-corrected chi connectivity index (χ1v) is 6.97. The Morgan fingerprint density at radius 3 is 2.42 bits per heavy atom. The molecule has 0 spiro atoms. The van der Waals surface area contributed by atoms with E-state index in [0.29, 0.717) is 5.15 Å². The summed E-state index contributed by atoms with van der Waals surface area (Å²) in [5.41, 5.74) is 3.96. The van der Waals surface area contributed by atoms with Crippen molar-refractivity contribution in [2.75, 3.05) is 18.0 Å². The Morgan fingerprint density at radius 2 is 1.79 bits per heavy atom. The van der Waals surface area contributed by atoms with Gasteiger partial charge in [0.25, 0.3) is 0 Å². The van der Waals surface area contributed by atoms with Crippen molar-refractivity contribution in [2.45, 2.75) is 27.7 Å². The van der Waals surface area contributed by atoms with Gasteiger partial charge in [-0.2, -0.15) is 5.10 Å². The largest absolute Gasteiger partial charge is 0.361 e. The van der Waals surface area contributed by atoms with Gasteiger partial charge < -0.3 is 4.90 Å². The summed E-state index contributed by atoms with van der Waals surface area (Å²) in [6.07, 6.45) is 4.29. The molecular formula is C14H19ClN4. The van der Waals surface area contributed by atoms with Crippen LogP contribution < -0.4 is 4.90 Å². The Kier molecular flexibility index (Phi) is 4.10. The monoisotopic (exact) mass is 278 g/mol. The van der Waals surface area contributed by atoms with Crippen molar-refractivity contribution in [3.63, 3.8) is 0 Å². The number of nitrogens with zero attached hydrogens (tertiary/aromatic N) is 4. The average molecular weight is 279 g/mol. The molecule has 4 nitrogen and oxygen atoms in total. The predicted octanol–water partition coefficient (Wildman–Crippen LogP) is 3.40. The maximum atomic E-state index is 6.08. The van der Waals surface area contributed by atoms with Crippen molar-refractivity contribution in [2.24, 2.45) is 0 Å². The molecule has 0 aliphatic carbocycles. The van der Waals surface area contributed by atoms with E-state index in [4.69, 9.17) is 11.6 Å². The minimum Gasteiger partial charge on any atom is -0.361 e. The van der Waals surface area contributed by atoms with E-state index >= 15 is 0 Å². The van der Waals surface area contributed by atoms with Crippen LogP contribution in [0.1, 0.15) is 25.2 Å². The lowest BCUT2D eigenvalue weighted by Crippen LogP contribution is -2.20. The van der Waals surface area contributed by atoms with Crippen LogP contribution in [0.2, 0.25) is 5.15 Å². The summed E-state index contributed by atoms with van der Waals surface area (Å²) < 4.78 is 1.82. The third-order valence-electron chi connectivity index (χ3n) is 3.15. The normalized spacial score (nSPS) is 13.8. The lowest BCUT2D eigenvalue weighted by atomic mass is 10.4. The number of aryl methyl sites for hydroxylation is 2. The minimum atomic E-state index is 0.500. The van der Waals surface area contributed by atoms with E-state index in [0.717, 1.165) is 35.8 Å². The summed E-state index contributed by atoms with van der Waals surface area (Å²) in [6.45, 7) is 9.80. The molecule has 0 unspecified atom stereocenters. The van der Waals surface area contributed by atoms with E-state index < -0.39 is 0 Å². The highest BCUT2D eigenvalue weighted by Crippen LogP contribution is 2.26. The lowest BCUT2D eigenvalue weighted by Gasteiger charge is -2.18. The summed E-state index contributed by atoms with van der Waals surface area (Å²) in [7, 11) is 0. The second-order valence-corrected chi connectivity index (χ2v) is 4.63. The fourth-order valence-corrected chi connectivity index (χ4v) is 2.28. The smallest absolute Gasteiger partial charge is 0.177 e. The van der Waals surface area contributed by atoms with Gasteiger partial charge in [0.1, 0.15) is 0 Å². The van der Waals surface area contributed by atoms with Gasteiger partial charge in [-0.05, 0) is 13.8 Å². The van der Waals surface area contributed by atoms with E-state index in [1.165, 1.54) is 0 Å². The molecule has 0 bridgehead atoms. The van der Waals surface area contributed by atoms with E-state index in [1.807, 2.05) is 38.3 Å². The van der Waals surface area contributed by atoms with Gasteiger partial charge in [0.05, 0.1) is 17.1 Å². The Labute approximate surface area is 118 Å². The third-order valence-corrected chi connectivity index (χ3v) is 3.34. The standard InChI is InChI=1S/C12H13ClN4.C2H6/c1-8-9(2)17-12(14-8)10(7-11(13)15-17)16-5-3-4-6-16;1-2/h3-4,7H,5-6H2,1-2H3;1-2H3. The number of hydrogen-bond acceptors (Lipinski definition) is 3. The van der Waals surface area contributed by atoms with Crippen LogP contribution in [-0.4, -0.2) is 27.7 Å². The summed E-state index contributed by atoms with van der Waals surface area (Å²) in [5.74, 6) is 0. The average Bonchev–Trinajstić information content (AvgIpc) is 3.03. The SMILES string of the molecule is CC.Cc1nc2c(N3CC=CC3)cc(Cl)nn2c1C. The lowest BCUT2D eigenvalue weighted by molar-refractivity contribution is 0.883. The van der Waals surface area contributed by atoms with E-state index in [9.17, 15) is 0 Å². The summed E-state index contributed by atoms with van der Waals surface area (Å²) >= 11 is 6.08. The molecule has 0 saturated heterocycles. The number of anilines is 1. The van der Waals surface area contributed by atoms with Crippen LogP contribution in [0.4, 0.5) is 5.69 Å². The number of fused-ring (bicyclic) bond motifs is 1. The molecule has 1 aliphatic heterocycles. The van der Waals surface area contributed by atoms with Gasteiger partial charge in [-0.3, -0.25) is 0 Å². The van der Waals surface area contributed by atoms with Gasteiger partial charge in [-0.1, -0.05) is 37.6 Å². The van der Waals surface area contributed by atoms with Gasteiger partial charge in [-0.15, -0.1) is 0 Å². The van der Waals surface area contributed by atoms with Gasteiger partial charge in [0.2, 0.25) is 0 Å². The highest BCUT2D eigenvalue weighted by atomic mass is 35.5. The molecular weight excluding hydrogens is 260 g/mol. The predicted molar refractivity (Wildman–Crippen MR) is 80.2 cm³/mol. The Hall–Kier alpha value is -1.55. The fraction of sp³-hybridized carbons (Fsp3) is 0.429. The molecule has 1 aliphatic rings. The zero-order chi connectivity index (χ0) is 14.0. The maximum absolute atomic E-state index is 6.08. The van der Waals surface area contributed by atoms with Crippen molar-refractivity contribution in [1.82, 2.24) is 14.6 Å². The van der Waals surface area contributed by atoms with Gasteiger partial charge in [0, 0.05) is 19.2 Å². The molecule has 0 amide bonds. The van der Waals surface area contributed by atoms with E-state index in [1.54, 1.807) is 0 Å². The number of hydrogen-bond donors (Lipinski definition) is 0. The molecule has 102 valence electrons. The quantitative estimate of drug-likeness (QED) is 0.750. The second kappa shape index (κ2) is 5.61. The molecule has 0 radical (unpaired) electrons. The van der Waals surface area contributed by atoms with Crippen molar-refractivity contribution < 1.29 is 0 Å². The molecule has 0 atom stereocenters. The third kappa shape index (κ3) is 2.45. The summed E-state index contributed by atoms with van der Waals surface area (Å²) in [5, 5.41) is 4.80. The first-order chi connectivity index (χ1) is 9.16. The van der Waals surface area contributed by atoms with Gasteiger partial charge >= 0.3 is 0 Å². The number of imidazole rings is 1. The minimum absolute atomic E-state index is 0.500. The van der Waals surface area contributed by atoms with Gasteiger partial charge in [0.15, 0.2) is 10.8 Å². The van der Waals surface area contributed by atoms with Crippen LogP contribution in [0.25, 0.3) is 5.65 Å². The van der Waals surface area contributed by atoms with Crippen molar-refractivity contribution >= 4 is 22.9 Å². The first-order valence-electron chi connectivity index (χ1n) is 6.59. The van der Waals surface area contributed by atoms with Crippen LogP contribution in [0, 0.1) is 13.8 Å². The molecule has 19 heavy (non-hydrogen) atoms. The molecule has 3 heterocycles. The van der Waals surface area contributed by atoms with Crippen LogP contribution in [-0.2, 0) is 0 Å². The first kappa shape index (κ1) is 13.9. The molecule has 3 rings (SSSR count). The second-order valence-electron chi connectivity index (χ2n) is 4.25. The zero-order valence-electron chi connectivity index (χ0n) is 11.8. The van der Waals surface area contributed by atoms with Crippen LogP contribution in [0.15, 0.2) is 18.2 Å².